The molecule has 1 aliphatic rings. The molecule has 1 fully saturated rings. The highest BCUT2D eigenvalue weighted by Crippen LogP contribution is 2.31. The van der Waals surface area contributed by atoms with Crippen molar-refractivity contribution < 1.29 is 26.0 Å². The van der Waals surface area contributed by atoms with Crippen LogP contribution >= 0.6 is 0 Å². The summed E-state index contributed by atoms with van der Waals surface area (Å²) in [6.07, 6.45) is -0.802. The predicted octanol–water partition coefficient (Wildman–Crippen LogP) is 5.33. The molecule has 4 rings (SSSR count). The maximum atomic E-state index is 14.8. The Bertz CT molecular complexity index is 1410. The monoisotopic (exact) mass is 554 g/mol. The van der Waals surface area contributed by atoms with Crippen molar-refractivity contribution in [1.82, 2.24) is 15.0 Å². The molecule has 38 heavy (non-hydrogen) atoms. The molecule has 3 aromatic rings. The number of halogens is 4. The molecule has 2 heterocycles. The number of sulfonamides is 1. The van der Waals surface area contributed by atoms with Gasteiger partial charge in [0.25, 0.3) is 0 Å². The SMILES string of the molecule is CC(C)c1cc(-c2ccc(NS(=O)(=O)CCC(F)(F)F)c(F)c2)nc2cnc(N[C@H]3CC[C@H](N)CC3)nc12. The molecule has 0 spiro atoms. The number of rotatable bonds is 8. The van der Waals surface area contributed by atoms with E-state index in [1.807, 2.05) is 18.6 Å². The summed E-state index contributed by atoms with van der Waals surface area (Å²) in [7, 11) is -4.39. The molecule has 4 N–H and O–H groups in total. The first kappa shape index (κ1) is 28.0. The van der Waals surface area contributed by atoms with Crippen molar-refractivity contribution in [2.45, 2.75) is 70.1 Å². The molecule has 1 saturated carbocycles. The van der Waals surface area contributed by atoms with E-state index in [9.17, 15) is 26.0 Å². The van der Waals surface area contributed by atoms with E-state index in [0.29, 0.717) is 28.2 Å². The average Bonchev–Trinajstić information content (AvgIpc) is 2.84. The van der Waals surface area contributed by atoms with Crippen molar-refractivity contribution in [1.29, 1.82) is 0 Å². The smallest absolute Gasteiger partial charge is 0.351 e. The van der Waals surface area contributed by atoms with Crippen molar-refractivity contribution in [2.24, 2.45) is 5.73 Å². The van der Waals surface area contributed by atoms with Crippen molar-refractivity contribution in [3.8, 4) is 11.3 Å². The molecule has 0 unspecified atom stereocenters. The van der Waals surface area contributed by atoms with Gasteiger partial charge in [-0.05, 0) is 55.4 Å². The number of alkyl halides is 3. The van der Waals surface area contributed by atoms with Crippen LogP contribution in [0.5, 0.6) is 0 Å². The van der Waals surface area contributed by atoms with Crippen LogP contribution in [-0.2, 0) is 10.0 Å². The number of fused-ring (bicyclic) bond motifs is 1. The predicted molar refractivity (Wildman–Crippen MR) is 139 cm³/mol. The van der Waals surface area contributed by atoms with Gasteiger partial charge in [0.05, 0.1) is 35.3 Å². The molecule has 0 amide bonds. The quantitative estimate of drug-likeness (QED) is 0.322. The Balaban J connectivity index is 1.59. The van der Waals surface area contributed by atoms with Crippen LogP contribution in [0.3, 0.4) is 0 Å². The fraction of sp³-hybridized carbons (Fsp3) is 0.480. The van der Waals surface area contributed by atoms with Crippen LogP contribution in [0.1, 0.15) is 57.4 Å². The van der Waals surface area contributed by atoms with Crippen molar-refractivity contribution >= 4 is 32.7 Å². The second kappa shape index (κ2) is 11.0. The van der Waals surface area contributed by atoms with Crippen LogP contribution in [0, 0.1) is 5.82 Å². The number of hydrogen-bond acceptors (Lipinski definition) is 7. The van der Waals surface area contributed by atoms with Gasteiger partial charge in [0.2, 0.25) is 16.0 Å². The van der Waals surface area contributed by atoms with Crippen LogP contribution in [0.4, 0.5) is 29.2 Å². The fourth-order valence-corrected chi connectivity index (χ4v) is 5.48. The summed E-state index contributed by atoms with van der Waals surface area (Å²) < 4.78 is 77.8. The lowest BCUT2D eigenvalue weighted by Crippen LogP contribution is -2.33. The van der Waals surface area contributed by atoms with Crippen LogP contribution in [0.15, 0.2) is 30.5 Å². The number of pyridine rings is 1. The van der Waals surface area contributed by atoms with Gasteiger partial charge >= 0.3 is 6.18 Å². The van der Waals surface area contributed by atoms with Gasteiger partial charge in [-0.3, -0.25) is 4.72 Å². The molecule has 0 atom stereocenters. The van der Waals surface area contributed by atoms with Crippen LogP contribution in [0.2, 0.25) is 0 Å². The molecule has 1 aliphatic carbocycles. The summed E-state index contributed by atoms with van der Waals surface area (Å²) >= 11 is 0. The second-order valence-electron chi connectivity index (χ2n) is 9.92. The average molecular weight is 555 g/mol. The normalized spacial score (nSPS) is 18.6. The van der Waals surface area contributed by atoms with Crippen molar-refractivity contribution in [3.05, 3.63) is 41.8 Å². The largest absolute Gasteiger partial charge is 0.390 e. The molecule has 0 radical (unpaired) electrons. The Hall–Kier alpha value is -3.06. The summed E-state index contributed by atoms with van der Waals surface area (Å²) in [6, 6.07) is 5.98. The summed E-state index contributed by atoms with van der Waals surface area (Å²) in [5.74, 6) is -1.58. The summed E-state index contributed by atoms with van der Waals surface area (Å²) in [4.78, 5) is 13.7. The lowest BCUT2D eigenvalue weighted by Gasteiger charge is -2.26. The molecular formula is C25H30F4N6O2S. The van der Waals surface area contributed by atoms with E-state index in [0.717, 1.165) is 43.4 Å². The molecule has 13 heteroatoms. The first-order chi connectivity index (χ1) is 17.8. The molecule has 2 aromatic heterocycles. The number of nitrogens with zero attached hydrogens (tertiary/aromatic N) is 3. The molecule has 1 aromatic carbocycles. The molecule has 0 aliphatic heterocycles. The van der Waals surface area contributed by atoms with Crippen molar-refractivity contribution in [3.63, 3.8) is 0 Å². The van der Waals surface area contributed by atoms with Crippen LogP contribution < -0.4 is 15.8 Å². The third-order valence-corrected chi connectivity index (χ3v) is 7.76. The van der Waals surface area contributed by atoms with E-state index >= 15 is 0 Å². The maximum absolute atomic E-state index is 14.8. The Morgan fingerprint density at radius 3 is 2.45 bits per heavy atom. The number of hydrogen-bond donors (Lipinski definition) is 3. The van der Waals surface area contributed by atoms with E-state index < -0.39 is 39.9 Å². The van der Waals surface area contributed by atoms with E-state index in [-0.39, 0.29) is 18.0 Å². The van der Waals surface area contributed by atoms with E-state index in [2.05, 4.69) is 15.3 Å². The summed E-state index contributed by atoms with van der Waals surface area (Å²) in [5.41, 5.74) is 8.40. The Labute approximate surface area is 218 Å². The zero-order valence-corrected chi connectivity index (χ0v) is 21.8. The minimum absolute atomic E-state index is 0.0549. The zero-order valence-electron chi connectivity index (χ0n) is 21.0. The molecule has 8 nitrogen and oxygen atoms in total. The molecular weight excluding hydrogens is 524 g/mol. The fourth-order valence-electron chi connectivity index (χ4n) is 4.38. The number of nitrogens with one attached hydrogen (secondary N) is 2. The minimum Gasteiger partial charge on any atom is -0.351 e. The molecule has 0 saturated heterocycles. The first-order valence-electron chi connectivity index (χ1n) is 12.4. The van der Waals surface area contributed by atoms with E-state index in [1.54, 1.807) is 12.3 Å². The highest BCUT2D eigenvalue weighted by Gasteiger charge is 2.30. The minimum atomic E-state index is -4.64. The van der Waals surface area contributed by atoms with Crippen LogP contribution in [0.25, 0.3) is 22.3 Å². The Kier molecular flexibility index (Phi) is 8.07. The van der Waals surface area contributed by atoms with Gasteiger partial charge < -0.3 is 11.1 Å². The van der Waals surface area contributed by atoms with E-state index in [4.69, 9.17) is 10.7 Å². The van der Waals surface area contributed by atoms with E-state index in [1.165, 1.54) is 6.07 Å². The van der Waals surface area contributed by atoms with Gasteiger partial charge in [-0.25, -0.2) is 27.8 Å². The van der Waals surface area contributed by atoms with Gasteiger partial charge in [0.15, 0.2) is 0 Å². The standard InChI is InChI=1S/C25H30F4N6O2S/c1-14(2)18-12-21(15-3-8-20(19(26)11-15)35-38(36,37)10-9-25(27,28)29)33-22-13-31-24(34-23(18)22)32-17-6-4-16(30)5-7-17/h3,8,11-14,16-17,35H,4-7,9-10,30H2,1-2H3,(H,31,32,34)/t16-,17-. The lowest BCUT2D eigenvalue weighted by molar-refractivity contribution is -0.129. The Morgan fingerprint density at radius 2 is 1.82 bits per heavy atom. The third kappa shape index (κ3) is 7.07. The summed E-state index contributed by atoms with van der Waals surface area (Å²) in [5, 5.41) is 3.38. The Morgan fingerprint density at radius 1 is 1.11 bits per heavy atom. The lowest BCUT2D eigenvalue weighted by atomic mass is 9.92. The van der Waals surface area contributed by atoms with Gasteiger partial charge in [-0.15, -0.1) is 0 Å². The number of nitrogens with two attached hydrogens (primary N) is 1. The number of benzene rings is 1. The van der Waals surface area contributed by atoms with Gasteiger partial charge in [-0.2, -0.15) is 13.2 Å². The van der Waals surface area contributed by atoms with Gasteiger partial charge in [0.1, 0.15) is 11.3 Å². The second-order valence-corrected chi connectivity index (χ2v) is 11.8. The maximum Gasteiger partial charge on any atom is 0.390 e. The highest BCUT2D eigenvalue weighted by molar-refractivity contribution is 7.92. The van der Waals surface area contributed by atoms with Gasteiger partial charge in [-0.1, -0.05) is 19.9 Å². The number of aromatic nitrogens is 3. The zero-order chi connectivity index (χ0) is 27.7. The van der Waals surface area contributed by atoms with Crippen LogP contribution in [-0.4, -0.2) is 47.4 Å². The van der Waals surface area contributed by atoms with Gasteiger partial charge in [0, 0.05) is 17.6 Å². The number of anilines is 2. The molecule has 206 valence electrons. The van der Waals surface area contributed by atoms with Crippen molar-refractivity contribution in [2.75, 3.05) is 15.8 Å². The highest BCUT2D eigenvalue weighted by atomic mass is 32.2. The third-order valence-electron chi connectivity index (χ3n) is 6.49. The topological polar surface area (TPSA) is 123 Å². The first-order valence-corrected chi connectivity index (χ1v) is 14.0. The summed E-state index contributed by atoms with van der Waals surface area (Å²) in [6.45, 7) is 3.99. The molecule has 0 bridgehead atoms.